The van der Waals surface area contributed by atoms with Crippen LogP contribution in [-0.4, -0.2) is 10.2 Å². The van der Waals surface area contributed by atoms with Gasteiger partial charge in [-0.15, -0.1) is 10.2 Å². The van der Waals surface area contributed by atoms with Crippen LogP contribution in [0.3, 0.4) is 0 Å². The third-order valence-corrected chi connectivity index (χ3v) is 3.67. The number of halogens is 1. The Morgan fingerprint density at radius 2 is 1.76 bits per heavy atom. The summed E-state index contributed by atoms with van der Waals surface area (Å²) < 4.78 is 0.784. The van der Waals surface area contributed by atoms with E-state index in [4.69, 9.17) is 0 Å². The Morgan fingerprint density at radius 1 is 1.12 bits per heavy atom. The molecule has 0 aliphatic heterocycles. The Bertz CT molecular complexity index is 499. The molecule has 90 valence electrons. The molecule has 0 aliphatic carbocycles. The SMILES string of the molecule is CC(C)(C)c1ccc(Nc2nnc(Br)s2)cc1. The van der Waals surface area contributed by atoms with E-state index in [0.717, 1.165) is 14.7 Å². The van der Waals surface area contributed by atoms with Gasteiger partial charge in [-0.25, -0.2) is 0 Å². The summed E-state index contributed by atoms with van der Waals surface area (Å²) in [6.07, 6.45) is 0. The average Bonchev–Trinajstić information content (AvgIpc) is 2.63. The van der Waals surface area contributed by atoms with Crippen LogP contribution in [0.15, 0.2) is 28.2 Å². The van der Waals surface area contributed by atoms with Crippen LogP contribution in [0.4, 0.5) is 10.8 Å². The Balaban J connectivity index is 2.13. The summed E-state index contributed by atoms with van der Waals surface area (Å²) in [7, 11) is 0. The molecule has 0 amide bonds. The molecule has 0 unspecified atom stereocenters. The van der Waals surface area contributed by atoms with E-state index in [1.165, 1.54) is 16.9 Å². The van der Waals surface area contributed by atoms with Crippen molar-refractivity contribution in [1.29, 1.82) is 0 Å². The van der Waals surface area contributed by atoms with Gasteiger partial charge in [0.15, 0.2) is 3.92 Å². The van der Waals surface area contributed by atoms with E-state index >= 15 is 0 Å². The van der Waals surface area contributed by atoms with Crippen LogP contribution in [0.25, 0.3) is 0 Å². The van der Waals surface area contributed by atoms with Crippen LogP contribution in [0.5, 0.6) is 0 Å². The Labute approximate surface area is 113 Å². The summed E-state index contributed by atoms with van der Waals surface area (Å²) in [5.41, 5.74) is 2.53. The van der Waals surface area contributed by atoms with Gasteiger partial charge in [-0.2, -0.15) is 0 Å². The standard InChI is InChI=1S/C12H14BrN3S/c1-12(2,3)8-4-6-9(7-5-8)14-11-16-15-10(13)17-11/h4-7H,1-3H3,(H,14,16). The maximum absolute atomic E-state index is 3.99. The van der Waals surface area contributed by atoms with Crippen LogP contribution >= 0.6 is 27.3 Å². The number of hydrogen-bond acceptors (Lipinski definition) is 4. The van der Waals surface area contributed by atoms with Gasteiger partial charge in [0.05, 0.1) is 0 Å². The van der Waals surface area contributed by atoms with E-state index in [-0.39, 0.29) is 5.41 Å². The van der Waals surface area contributed by atoms with Crippen molar-refractivity contribution >= 4 is 38.1 Å². The number of nitrogens with zero attached hydrogens (tertiary/aromatic N) is 2. The van der Waals surface area contributed by atoms with Gasteiger partial charge in [0.25, 0.3) is 0 Å². The molecule has 0 saturated carbocycles. The smallest absolute Gasteiger partial charge is 0.210 e. The zero-order valence-electron chi connectivity index (χ0n) is 9.99. The topological polar surface area (TPSA) is 37.8 Å². The zero-order chi connectivity index (χ0) is 12.5. The molecular formula is C12H14BrN3S. The minimum Gasteiger partial charge on any atom is -0.330 e. The van der Waals surface area contributed by atoms with Gasteiger partial charge in [0.1, 0.15) is 0 Å². The highest BCUT2D eigenvalue weighted by Gasteiger charge is 2.12. The lowest BCUT2D eigenvalue weighted by Crippen LogP contribution is -2.10. The first kappa shape index (κ1) is 12.5. The highest BCUT2D eigenvalue weighted by molar-refractivity contribution is 9.11. The molecule has 1 aromatic carbocycles. The summed E-state index contributed by atoms with van der Waals surface area (Å²) in [6, 6.07) is 8.41. The molecule has 0 bridgehead atoms. The molecule has 5 heteroatoms. The lowest BCUT2D eigenvalue weighted by molar-refractivity contribution is 0.590. The van der Waals surface area contributed by atoms with Crippen molar-refractivity contribution in [1.82, 2.24) is 10.2 Å². The predicted molar refractivity (Wildman–Crippen MR) is 76.0 cm³/mol. The molecule has 1 heterocycles. The van der Waals surface area contributed by atoms with Crippen LogP contribution in [0, 0.1) is 0 Å². The van der Waals surface area contributed by atoms with E-state index in [1.807, 2.05) is 0 Å². The summed E-state index contributed by atoms with van der Waals surface area (Å²) in [5.74, 6) is 0. The molecule has 0 spiro atoms. The molecule has 1 aromatic heterocycles. The number of nitrogens with one attached hydrogen (secondary N) is 1. The van der Waals surface area contributed by atoms with Crippen LogP contribution in [0.2, 0.25) is 0 Å². The minimum absolute atomic E-state index is 0.185. The second-order valence-corrected chi connectivity index (χ2v) is 7.07. The predicted octanol–water partition coefficient (Wildman–Crippen LogP) is 4.34. The molecule has 17 heavy (non-hydrogen) atoms. The lowest BCUT2D eigenvalue weighted by Gasteiger charge is -2.19. The molecule has 3 nitrogen and oxygen atoms in total. The number of hydrogen-bond donors (Lipinski definition) is 1. The fraction of sp³-hybridized carbons (Fsp3) is 0.333. The fourth-order valence-electron chi connectivity index (χ4n) is 1.43. The summed E-state index contributed by atoms with van der Waals surface area (Å²) in [6.45, 7) is 6.62. The van der Waals surface area contributed by atoms with Crippen molar-refractivity contribution in [3.05, 3.63) is 33.7 Å². The van der Waals surface area contributed by atoms with Crippen molar-refractivity contribution in [3.8, 4) is 0 Å². The van der Waals surface area contributed by atoms with Crippen LogP contribution in [0.1, 0.15) is 26.3 Å². The Morgan fingerprint density at radius 3 is 2.24 bits per heavy atom. The lowest BCUT2D eigenvalue weighted by atomic mass is 9.87. The molecule has 0 atom stereocenters. The number of benzene rings is 1. The maximum atomic E-state index is 3.99. The fourth-order valence-corrected chi connectivity index (χ4v) is 2.46. The molecule has 2 rings (SSSR count). The summed E-state index contributed by atoms with van der Waals surface area (Å²) in [4.78, 5) is 0. The van der Waals surface area contributed by atoms with Gasteiger partial charge in [0, 0.05) is 5.69 Å². The maximum Gasteiger partial charge on any atom is 0.210 e. The van der Waals surface area contributed by atoms with E-state index in [1.54, 1.807) is 0 Å². The van der Waals surface area contributed by atoms with Gasteiger partial charge >= 0.3 is 0 Å². The van der Waals surface area contributed by atoms with Crippen molar-refractivity contribution in [2.75, 3.05) is 5.32 Å². The molecule has 1 N–H and O–H groups in total. The first-order chi connectivity index (χ1) is 7.95. The third kappa shape index (κ3) is 3.26. The van der Waals surface area contributed by atoms with Crippen LogP contribution in [-0.2, 0) is 5.41 Å². The minimum atomic E-state index is 0.185. The highest BCUT2D eigenvalue weighted by Crippen LogP contribution is 2.26. The van der Waals surface area contributed by atoms with Gasteiger partial charge in [-0.1, -0.05) is 44.2 Å². The monoisotopic (exact) mass is 311 g/mol. The third-order valence-electron chi connectivity index (χ3n) is 2.40. The second-order valence-electron chi connectivity index (χ2n) is 4.81. The first-order valence-electron chi connectivity index (χ1n) is 5.32. The van der Waals surface area contributed by atoms with Crippen molar-refractivity contribution in [2.24, 2.45) is 0 Å². The molecule has 2 aromatic rings. The molecular weight excluding hydrogens is 298 g/mol. The number of aromatic nitrogens is 2. The molecule has 0 aliphatic rings. The van der Waals surface area contributed by atoms with Crippen molar-refractivity contribution < 1.29 is 0 Å². The largest absolute Gasteiger partial charge is 0.330 e. The quantitative estimate of drug-likeness (QED) is 0.896. The summed E-state index contributed by atoms with van der Waals surface area (Å²) >= 11 is 4.76. The normalized spacial score (nSPS) is 11.5. The second kappa shape index (κ2) is 4.74. The Hall–Kier alpha value is -0.940. The number of rotatable bonds is 2. The summed E-state index contributed by atoms with van der Waals surface area (Å²) in [5, 5.41) is 11.9. The van der Waals surface area contributed by atoms with Gasteiger partial charge < -0.3 is 5.32 Å². The molecule has 0 saturated heterocycles. The average molecular weight is 312 g/mol. The van der Waals surface area contributed by atoms with Crippen LogP contribution < -0.4 is 5.32 Å². The molecule has 0 radical (unpaired) electrons. The van der Waals surface area contributed by atoms with E-state index in [0.29, 0.717) is 0 Å². The van der Waals surface area contributed by atoms with E-state index in [9.17, 15) is 0 Å². The van der Waals surface area contributed by atoms with Gasteiger partial charge in [-0.3, -0.25) is 0 Å². The Kier molecular flexibility index (Phi) is 3.49. The van der Waals surface area contributed by atoms with Crippen molar-refractivity contribution in [3.63, 3.8) is 0 Å². The zero-order valence-corrected chi connectivity index (χ0v) is 12.4. The van der Waals surface area contributed by atoms with E-state index < -0.39 is 0 Å². The number of anilines is 2. The first-order valence-corrected chi connectivity index (χ1v) is 6.93. The van der Waals surface area contributed by atoms with Crippen molar-refractivity contribution in [2.45, 2.75) is 26.2 Å². The highest BCUT2D eigenvalue weighted by atomic mass is 79.9. The van der Waals surface area contributed by atoms with Gasteiger partial charge in [0.2, 0.25) is 5.13 Å². The van der Waals surface area contributed by atoms with E-state index in [2.05, 4.69) is 76.5 Å². The van der Waals surface area contributed by atoms with Gasteiger partial charge in [-0.05, 0) is 39.0 Å². The molecule has 0 fully saturated rings.